The maximum Gasteiger partial charge on any atom is 0.243 e. The Labute approximate surface area is 204 Å². The Morgan fingerprint density at radius 1 is 1.06 bits per heavy atom. The molecule has 0 aromatic heterocycles. The molecule has 34 heavy (non-hydrogen) atoms. The van der Waals surface area contributed by atoms with Crippen LogP contribution in [0.1, 0.15) is 40.0 Å². The lowest BCUT2D eigenvalue weighted by Gasteiger charge is -2.35. The molecule has 1 aromatic rings. The van der Waals surface area contributed by atoms with Gasteiger partial charge in [0.15, 0.2) is 11.5 Å². The van der Waals surface area contributed by atoms with Crippen LogP contribution in [0.4, 0.5) is 0 Å². The van der Waals surface area contributed by atoms with Crippen LogP contribution in [0.3, 0.4) is 0 Å². The molecule has 1 aliphatic heterocycles. The minimum atomic E-state index is -3.85. The third-order valence-electron chi connectivity index (χ3n) is 5.68. The van der Waals surface area contributed by atoms with E-state index in [9.17, 15) is 18.0 Å². The first-order valence-corrected chi connectivity index (χ1v) is 16.9. The molecule has 184 valence electrons. The van der Waals surface area contributed by atoms with Gasteiger partial charge in [-0.1, -0.05) is 56.9 Å². The van der Waals surface area contributed by atoms with Gasteiger partial charge in [-0.3, -0.25) is 9.59 Å². The van der Waals surface area contributed by atoms with E-state index in [1.807, 2.05) is 26.5 Å². The molecule has 0 fully saturated rings. The van der Waals surface area contributed by atoms with Crippen LogP contribution in [-0.4, -0.2) is 51.6 Å². The molecule has 0 radical (unpaired) electrons. The second kappa shape index (κ2) is 10.1. The molecule has 0 amide bonds. The van der Waals surface area contributed by atoms with Gasteiger partial charge in [0.1, 0.15) is 0 Å². The summed E-state index contributed by atoms with van der Waals surface area (Å²) in [5.74, 6) is -0.433. The fourth-order valence-electron chi connectivity index (χ4n) is 4.27. The zero-order chi connectivity index (χ0) is 25.3. The van der Waals surface area contributed by atoms with Crippen molar-refractivity contribution in [2.45, 2.75) is 70.7 Å². The molecule has 2 aliphatic rings. The van der Waals surface area contributed by atoms with E-state index in [2.05, 4.69) is 19.6 Å². The van der Waals surface area contributed by atoms with Crippen LogP contribution >= 0.6 is 0 Å². The maximum absolute atomic E-state index is 13.8. The van der Waals surface area contributed by atoms with Crippen LogP contribution in [0.25, 0.3) is 0 Å². The first kappa shape index (κ1) is 26.3. The maximum atomic E-state index is 13.8. The predicted octanol–water partition coefficient (Wildman–Crippen LogP) is 4.81. The molecule has 0 bridgehead atoms. The standard InChI is InChI=1S/C26H35NO5SSi/c1-7-8-14-21-24(28)22-16-27(33(30,31)20-12-10-9-11-13-20)15-19(17-34(4,5)6)23(22)25(29)26(21)32-18(2)3/h9-13,17-18H,7-8,14-16H2,1-6H3/b19-17+. The lowest BCUT2D eigenvalue weighted by atomic mass is 9.81. The predicted molar refractivity (Wildman–Crippen MR) is 136 cm³/mol. The quantitative estimate of drug-likeness (QED) is 0.377. The highest BCUT2D eigenvalue weighted by molar-refractivity contribution is 7.89. The Balaban J connectivity index is 2.17. The number of rotatable bonds is 8. The Hall–Kier alpha value is -2.29. The molecule has 0 atom stereocenters. The summed E-state index contributed by atoms with van der Waals surface area (Å²) in [7, 11) is -5.72. The van der Waals surface area contributed by atoms with Crippen molar-refractivity contribution in [3.63, 3.8) is 0 Å². The Morgan fingerprint density at radius 3 is 2.26 bits per heavy atom. The Kier molecular flexibility index (Phi) is 7.84. The second-order valence-corrected chi connectivity index (χ2v) is 17.2. The van der Waals surface area contributed by atoms with Gasteiger partial charge in [-0.05, 0) is 44.4 Å². The zero-order valence-corrected chi connectivity index (χ0v) is 22.8. The number of Topliss-reactive ketones (excluding diaryl/α,β-unsaturated/α-hetero) is 2. The molecule has 6 nitrogen and oxygen atoms in total. The highest BCUT2D eigenvalue weighted by atomic mass is 32.2. The van der Waals surface area contributed by atoms with Crippen LogP contribution in [-0.2, 0) is 24.3 Å². The molecule has 0 saturated heterocycles. The third-order valence-corrected chi connectivity index (χ3v) is 8.70. The molecule has 1 aromatic carbocycles. The van der Waals surface area contributed by atoms with Crippen LogP contribution in [0.15, 0.2) is 69.0 Å². The van der Waals surface area contributed by atoms with E-state index in [1.54, 1.807) is 30.3 Å². The molecule has 8 heteroatoms. The smallest absolute Gasteiger partial charge is 0.243 e. The molecule has 3 rings (SSSR count). The highest BCUT2D eigenvalue weighted by Crippen LogP contribution is 2.38. The van der Waals surface area contributed by atoms with Crippen LogP contribution in [0.2, 0.25) is 19.6 Å². The van der Waals surface area contributed by atoms with E-state index in [-0.39, 0.29) is 47.0 Å². The van der Waals surface area contributed by atoms with E-state index in [1.165, 1.54) is 4.31 Å². The van der Waals surface area contributed by atoms with Gasteiger partial charge < -0.3 is 4.74 Å². The summed E-state index contributed by atoms with van der Waals surface area (Å²) in [6, 6.07) is 8.22. The van der Waals surface area contributed by atoms with E-state index in [0.29, 0.717) is 23.1 Å². The van der Waals surface area contributed by atoms with Crippen LogP contribution < -0.4 is 0 Å². The SMILES string of the molecule is CCCCC1=C(OC(C)C)C(=O)C2=C(CN(S(=O)(=O)c3ccccc3)C/C2=C\[Si](C)(C)C)C1=O. The number of allylic oxidation sites excluding steroid dienone is 2. The molecule has 0 spiro atoms. The first-order chi connectivity index (χ1) is 15.9. The number of sulfonamides is 1. The highest BCUT2D eigenvalue weighted by Gasteiger charge is 2.43. The van der Waals surface area contributed by atoms with Crippen LogP contribution in [0, 0.1) is 0 Å². The molecule has 0 unspecified atom stereocenters. The van der Waals surface area contributed by atoms with Crippen molar-refractivity contribution in [2.75, 3.05) is 13.1 Å². The monoisotopic (exact) mass is 501 g/mol. The lowest BCUT2D eigenvalue weighted by Crippen LogP contribution is -2.44. The van der Waals surface area contributed by atoms with Crippen molar-refractivity contribution in [1.82, 2.24) is 4.31 Å². The van der Waals surface area contributed by atoms with Gasteiger partial charge in [-0.2, -0.15) is 4.31 Å². The van der Waals surface area contributed by atoms with E-state index in [0.717, 1.165) is 12.8 Å². The van der Waals surface area contributed by atoms with E-state index < -0.39 is 18.1 Å². The van der Waals surface area contributed by atoms with Crippen molar-refractivity contribution >= 4 is 29.7 Å². The number of nitrogens with zero attached hydrogens (tertiary/aromatic N) is 1. The summed E-state index contributed by atoms with van der Waals surface area (Å²) in [4.78, 5) is 27.7. The van der Waals surface area contributed by atoms with Crippen LogP contribution in [0.5, 0.6) is 0 Å². The van der Waals surface area contributed by atoms with Crippen molar-refractivity contribution < 1.29 is 22.7 Å². The molecule has 1 heterocycles. The summed E-state index contributed by atoms with van der Waals surface area (Å²) in [6.07, 6.45) is 1.78. The van der Waals surface area contributed by atoms with E-state index in [4.69, 9.17) is 4.74 Å². The number of hydrogen-bond donors (Lipinski definition) is 0. The number of ether oxygens (including phenoxy) is 1. The Morgan fingerprint density at radius 2 is 1.71 bits per heavy atom. The van der Waals surface area contributed by atoms with Gasteiger partial charge >= 0.3 is 0 Å². The number of carbonyl (C=O) groups excluding carboxylic acids is 2. The molecular weight excluding hydrogens is 466 g/mol. The number of benzene rings is 1. The van der Waals surface area contributed by atoms with E-state index >= 15 is 0 Å². The second-order valence-electron chi connectivity index (χ2n) is 10.2. The number of ketones is 2. The Bertz CT molecular complexity index is 1170. The third kappa shape index (κ3) is 5.50. The molecular formula is C26H35NO5SSi. The summed E-state index contributed by atoms with van der Waals surface area (Å²) >= 11 is 0. The summed E-state index contributed by atoms with van der Waals surface area (Å²) in [5.41, 5.74) is 3.61. The number of carbonyl (C=O) groups is 2. The molecule has 0 saturated carbocycles. The van der Waals surface area contributed by atoms with Gasteiger partial charge in [-0.15, -0.1) is 0 Å². The fraction of sp³-hybridized carbons (Fsp3) is 0.462. The zero-order valence-electron chi connectivity index (χ0n) is 21.0. The largest absolute Gasteiger partial charge is 0.486 e. The number of unbranched alkanes of at least 4 members (excludes halogenated alkanes) is 1. The minimum absolute atomic E-state index is 0.0542. The fourth-order valence-corrected chi connectivity index (χ4v) is 6.96. The number of hydrogen-bond acceptors (Lipinski definition) is 5. The molecule has 0 N–H and O–H groups in total. The van der Waals surface area contributed by atoms with Gasteiger partial charge in [0.05, 0.1) is 19.1 Å². The van der Waals surface area contributed by atoms with Crippen molar-refractivity contribution in [1.29, 1.82) is 0 Å². The normalized spacial score (nSPS) is 19.3. The van der Waals surface area contributed by atoms with Gasteiger partial charge in [0.25, 0.3) is 0 Å². The summed E-state index contributed by atoms with van der Waals surface area (Å²) < 4.78 is 34.2. The average Bonchev–Trinajstić information content (AvgIpc) is 2.75. The molecule has 1 aliphatic carbocycles. The lowest BCUT2D eigenvalue weighted by molar-refractivity contribution is -0.120. The van der Waals surface area contributed by atoms with Crippen molar-refractivity contribution in [3.05, 3.63) is 64.1 Å². The van der Waals surface area contributed by atoms with Crippen molar-refractivity contribution in [2.24, 2.45) is 0 Å². The average molecular weight is 502 g/mol. The van der Waals surface area contributed by atoms with Gasteiger partial charge in [0.2, 0.25) is 15.8 Å². The summed E-state index contributed by atoms with van der Waals surface area (Å²) in [6.45, 7) is 12.0. The van der Waals surface area contributed by atoms with Gasteiger partial charge in [0, 0.05) is 29.8 Å². The van der Waals surface area contributed by atoms with Crippen molar-refractivity contribution in [3.8, 4) is 0 Å². The summed E-state index contributed by atoms with van der Waals surface area (Å²) in [5, 5.41) is 0. The first-order valence-electron chi connectivity index (χ1n) is 11.9. The minimum Gasteiger partial charge on any atom is -0.486 e. The van der Waals surface area contributed by atoms with Gasteiger partial charge in [-0.25, -0.2) is 8.42 Å². The topological polar surface area (TPSA) is 80.8 Å².